The van der Waals surface area contributed by atoms with Crippen molar-refractivity contribution in [2.75, 3.05) is 6.61 Å². The summed E-state index contributed by atoms with van der Waals surface area (Å²) in [5, 5.41) is 19.1. The molecule has 5 nitrogen and oxygen atoms in total. The van der Waals surface area contributed by atoms with E-state index in [9.17, 15) is 18.7 Å². The normalized spacial score (nSPS) is 10.9. The van der Waals surface area contributed by atoms with Crippen molar-refractivity contribution in [1.82, 2.24) is 4.98 Å². The van der Waals surface area contributed by atoms with E-state index in [1.807, 2.05) is 6.92 Å². The molecular weight excluding hydrogens is 404 g/mol. The Balaban J connectivity index is 1.99. The van der Waals surface area contributed by atoms with E-state index in [4.69, 9.17) is 9.84 Å². The van der Waals surface area contributed by atoms with E-state index in [2.05, 4.69) is 4.98 Å². The fraction of sp³-hybridized carbons (Fsp3) is 0.250. The lowest BCUT2D eigenvalue weighted by atomic mass is 9.94. The summed E-state index contributed by atoms with van der Waals surface area (Å²) in [6.07, 6.45) is 0.889. The highest BCUT2D eigenvalue weighted by atomic mass is 19.1. The molecule has 0 spiro atoms. The molecule has 3 aromatic rings. The van der Waals surface area contributed by atoms with Crippen molar-refractivity contribution in [2.24, 2.45) is 0 Å². The summed E-state index contributed by atoms with van der Waals surface area (Å²) >= 11 is 0. The molecule has 1 aromatic heterocycles. The number of aliphatic carboxylic acids is 1. The molecule has 0 aliphatic carbocycles. The van der Waals surface area contributed by atoms with Gasteiger partial charge in [0.25, 0.3) is 0 Å². The molecule has 3 rings (SSSR count). The van der Waals surface area contributed by atoms with Crippen LogP contribution >= 0.6 is 0 Å². The molecule has 0 saturated heterocycles. The number of pyridine rings is 1. The van der Waals surface area contributed by atoms with Gasteiger partial charge < -0.3 is 14.9 Å². The summed E-state index contributed by atoms with van der Waals surface area (Å²) in [5.41, 5.74) is 3.83. The Morgan fingerprint density at radius 1 is 1.13 bits per heavy atom. The quantitative estimate of drug-likeness (QED) is 0.557. The van der Waals surface area contributed by atoms with Gasteiger partial charge in [0.15, 0.2) is 18.2 Å². The standard InChI is InChI=1S/C24H23F2NO4/c1-4-15-10-21(31-12-22(29)30)23(26)14(3)18(15)11-17-6-8-20(28)24(27-17)16-5-7-19(25)13(2)9-16/h5-10,28H,4,11-12H2,1-3H3,(H,29,30). The highest BCUT2D eigenvalue weighted by molar-refractivity contribution is 5.68. The van der Waals surface area contributed by atoms with Gasteiger partial charge in [-0.1, -0.05) is 6.92 Å². The molecule has 0 atom stereocenters. The van der Waals surface area contributed by atoms with Crippen LogP contribution in [0, 0.1) is 25.5 Å². The molecule has 0 radical (unpaired) electrons. The van der Waals surface area contributed by atoms with E-state index in [-0.39, 0.29) is 17.3 Å². The van der Waals surface area contributed by atoms with Crippen LogP contribution in [0.25, 0.3) is 11.3 Å². The smallest absolute Gasteiger partial charge is 0.341 e. The summed E-state index contributed by atoms with van der Waals surface area (Å²) in [4.78, 5) is 15.3. The van der Waals surface area contributed by atoms with Gasteiger partial charge in [-0.05, 0) is 78.9 Å². The minimum absolute atomic E-state index is 0.0363. The van der Waals surface area contributed by atoms with Crippen LogP contribution in [-0.4, -0.2) is 27.8 Å². The van der Waals surface area contributed by atoms with Crippen molar-refractivity contribution >= 4 is 5.97 Å². The first kappa shape index (κ1) is 22.2. The average Bonchev–Trinajstić information content (AvgIpc) is 2.74. The number of aromatic nitrogens is 1. The van der Waals surface area contributed by atoms with Gasteiger partial charge in [0.1, 0.15) is 17.3 Å². The van der Waals surface area contributed by atoms with Gasteiger partial charge in [-0.25, -0.2) is 18.6 Å². The third kappa shape index (κ3) is 4.82. The summed E-state index contributed by atoms with van der Waals surface area (Å²) in [5.74, 6) is -2.27. The van der Waals surface area contributed by atoms with Crippen molar-refractivity contribution in [3.05, 3.63) is 76.0 Å². The predicted octanol–water partition coefficient (Wildman–Crippen LogP) is 4.97. The molecule has 2 N–H and O–H groups in total. The van der Waals surface area contributed by atoms with Crippen LogP contribution in [0.3, 0.4) is 0 Å². The molecule has 0 bridgehead atoms. The number of rotatable bonds is 7. The number of nitrogens with zero attached hydrogens (tertiary/aromatic N) is 1. The van der Waals surface area contributed by atoms with E-state index >= 15 is 0 Å². The highest BCUT2D eigenvalue weighted by Crippen LogP contribution is 2.32. The summed E-state index contributed by atoms with van der Waals surface area (Å²) in [7, 11) is 0. The second kappa shape index (κ2) is 9.12. The zero-order chi connectivity index (χ0) is 22.7. The summed E-state index contributed by atoms with van der Waals surface area (Å²) < 4.78 is 33.5. The van der Waals surface area contributed by atoms with Gasteiger partial charge in [-0.3, -0.25) is 0 Å². The van der Waals surface area contributed by atoms with Gasteiger partial charge >= 0.3 is 5.97 Å². The van der Waals surface area contributed by atoms with Crippen LogP contribution in [0.15, 0.2) is 36.4 Å². The molecule has 7 heteroatoms. The monoisotopic (exact) mass is 427 g/mol. The molecule has 0 amide bonds. The van der Waals surface area contributed by atoms with Crippen molar-refractivity contribution in [2.45, 2.75) is 33.6 Å². The van der Waals surface area contributed by atoms with E-state index in [0.717, 1.165) is 11.1 Å². The third-order valence-electron chi connectivity index (χ3n) is 5.14. The average molecular weight is 427 g/mol. The number of benzene rings is 2. The minimum atomic E-state index is -1.18. The van der Waals surface area contributed by atoms with Crippen molar-refractivity contribution < 1.29 is 28.5 Å². The maximum atomic E-state index is 14.8. The Morgan fingerprint density at radius 3 is 2.52 bits per heavy atom. The van der Waals surface area contributed by atoms with Crippen LogP contribution in [0.4, 0.5) is 8.78 Å². The first-order valence-corrected chi connectivity index (χ1v) is 9.82. The zero-order valence-corrected chi connectivity index (χ0v) is 17.5. The Bertz CT molecular complexity index is 1140. The van der Waals surface area contributed by atoms with Crippen LogP contribution in [0.5, 0.6) is 11.5 Å². The lowest BCUT2D eigenvalue weighted by Crippen LogP contribution is -2.12. The molecule has 0 aliphatic heterocycles. The van der Waals surface area contributed by atoms with Crippen LogP contribution in [0.2, 0.25) is 0 Å². The molecule has 0 aliphatic rings. The predicted molar refractivity (Wildman–Crippen MR) is 112 cm³/mol. The van der Waals surface area contributed by atoms with E-state index < -0.39 is 18.4 Å². The number of carbonyl (C=O) groups is 1. The van der Waals surface area contributed by atoms with Gasteiger partial charge in [0.2, 0.25) is 0 Å². The van der Waals surface area contributed by atoms with Crippen LogP contribution in [0.1, 0.15) is 34.9 Å². The van der Waals surface area contributed by atoms with Crippen molar-refractivity contribution in [1.29, 1.82) is 0 Å². The Morgan fingerprint density at radius 2 is 1.87 bits per heavy atom. The molecule has 2 aromatic carbocycles. The lowest BCUT2D eigenvalue weighted by Gasteiger charge is -2.16. The van der Waals surface area contributed by atoms with E-state index in [0.29, 0.717) is 40.9 Å². The third-order valence-corrected chi connectivity index (χ3v) is 5.14. The maximum absolute atomic E-state index is 14.8. The van der Waals surface area contributed by atoms with Gasteiger partial charge in [0.05, 0.1) is 0 Å². The zero-order valence-electron chi connectivity index (χ0n) is 17.5. The lowest BCUT2D eigenvalue weighted by molar-refractivity contribution is -0.139. The number of carboxylic acid groups (broad SMARTS) is 1. The van der Waals surface area contributed by atoms with Crippen LogP contribution < -0.4 is 4.74 Å². The van der Waals surface area contributed by atoms with Crippen LogP contribution in [-0.2, 0) is 17.6 Å². The second-order valence-electron chi connectivity index (χ2n) is 7.30. The topological polar surface area (TPSA) is 79.7 Å². The van der Waals surface area contributed by atoms with Gasteiger partial charge in [-0.2, -0.15) is 0 Å². The van der Waals surface area contributed by atoms with Crippen molar-refractivity contribution in [3.8, 4) is 22.8 Å². The fourth-order valence-corrected chi connectivity index (χ4v) is 3.45. The van der Waals surface area contributed by atoms with E-state index in [1.165, 1.54) is 18.2 Å². The fourth-order valence-electron chi connectivity index (χ4n) is 3.45. The molecule has 31 heavy (non-hydrogen) atoms. The highest BCUT2D eigenvalue weighted by Gasteiger charge is 2.18. The molecule has 1 heterocycles. The second-order valence-corrected chi connectivity index (χ2v) is 7.30. The Hall–Kier alpha value is -3.48. The molecule has 0 fully saturated rings. The number of carboxylic acids is 1. The SMILES string of the molecule is CCc1cc(OCC(=O)O)c(F)c(C)c1Cc1ccc(O)c(-c2ccc(F)c(C)c2)n1. The molecular formula is C24H23F2NO4. The number of aromatic hydroxyl groups is 1. The number of aryl methyl sites for hydroxylation is 2. The largest absolute Gasteiger partial charge is 0.506 e. The molecule has 162 valence electrons. The maximum Gasteiger partial charge on any atom is 0.341 e. The first-order chi connectivity index (χ1) is 14.7. The number of hydrogen-bond acceptors (Lipinski definition) is 4. The van der Waals surface area contributed by atoms with Crippen molar-refractivity contribution in [3.63, 3.8) is 0 Å². The number of hydrogen-bond donors (Lipinski definition) is 2. The Kier molecular flexibility index (Phi) is 6.53. The Labute approximate surface area is 179 Å². The number of halogens is 2. The summed E-state index contributed by atoms with van der Waals surface area (Å²) in [6, 6.07) is 9.16. The first-order valence-electron chi connectivity index (χ1n) is 9.82. The van der Waals surface area contributed by atoms with Gasteiger partial charge in [0, 0.05) is 17.7 Å². The minimum Gasteiger partial charge on any atom is -0.506 e. The van der Waals surface area contributed by atoms with Gasteiger partial charge in [-0.15, -0.1) is 0 Å². The summed E-state index contributed by atoms with van der Waals surface area (Å²) in [6.45, 7) is 4.53. The molecule has 0 unspecified atom stereocenters. The number of ether oxygens (including phenoxy) is 1. The molecule has 0 saturated carbocycles. The van der Waals surface area contributed by atoms with E-state index in [1.54, 1.807) is 32.0 Å².